The van der Waals surface area contributed by atoms with Crippen LogP contribution in [0.25, 0.3) is 11.1 Å². The van der Waals surface area contributed by atoms with Gasteiger partial charge < -0.3 is 9.84 Å². The average molecular weight is 490 g/mol. The van der Waals surface area contributed by atoms with E-state index in [2.05, 4.69) is 4.72 Å². The molecular formula is C23H23NO7S2. The number of hydrogen-bond donors (Lipinski definition) is 2. The Kier molecular flexibility index (Phi) is 7.21. The number of ether oxygens (including phenoxy) is 1. The fourth-order valence-corrected chi connectivity index (χ4v) is 5.11. The van der Waals surface area contributed by atoms with Gasteiger partial charge >= 0.3 is 5.97 Å². The van der Waals surface area contributed by atoms with E-state index in [-0.39, 0.29) is 22.1 Å². The molecule has 8 nitrogen and oxygen atoms in total. The normalized spacial score (nSPS) is 11.8. The number of nitrogens with one attached hydrogen (secondary N) is 1. The molecular weight excluding hydrogens is 466 g/mol. The first-order valence-electron chi connectivity index (χ1n) is 9.81. The van der Waals surface area contributed by atoms with Crippen molar-refractivity contribution < 1.29 is 31.5 Å². The summed E-state index contributed by atoms with van der Waals surface area (Å²) < 4.78 is 57.3. The first-order chi connectivity index (χ1) is 15.5. The van der Waals surface area contributed by atoms with Crippen molar-refractivity contribution >= 4 is 25.8 Å². The van der Waals surface area contributed by atoms with Crippen LogP contribution in [0.4, 0.5) is 0 Å². The number of benzene rings is 3. The van der Waals surface area contributed by atoms with Gasteiger partial charge in [0.25, 0.3) is 0 Å². The van der Waals surface area contributed by atoms with Gasteiger partial charge in [-0.25, -0.2) is 26.4 Å². The summed E-state index contributed by atoms with van der Waals surface area (Å²) in [5, 5.41) is 8.97. The van der Waals surface area contributed by atoms with Crippen LogP contribution in [0.15, 0.2) is 76.5 Å². The minimum Gasteiger partial charge on any atom is -0.481 e. The van der Waals surface area contributed by atoms with E-state index >= 15 is 0 Å². The minimum atomic E-state index is -3.76. The first kappa shape index (κ1) is 24.4. The maximum atomic E-state index is 12.7. The number of rotatable bonds is 9. The van der Waals surface area contributed by atoms with Crippen LogP contribution in [0.3, 0.4) is 0 Å². The fourth-order valence-electron chi connectivity index (χ4n) is 3.19. The number of aliphatic carboxylic acids is 1. The summed E-state index contributed by atoms with van der Waals surface area (Å²) in [6, 6.07) is 17.5. The van der Waals surface area contributed by atoms with E-state index in [1.807, 2.05) is 0 Å². The Labute approximate surface area is 192 Å². The molecule has 0 amide bonds. The molecule has 0 unspecified atom stereocenters. The number of sulfone groups is 1. The van der Waals surface area contributed by atoms with E-state index < -0.39 is 32.4 Å². The summed E-state index contributed by atoms with van der Waals surface area (Å²) >= 11 is 0. The first-order valence-corrected chi connectivity index (χ1v) is 13.2. The highest BCUT2D eigenvalue weighted by Gasteiger charge is 2.17. The number of aryl methyl sites for hydroxylation is 1. The zero-order valence-corrected chi connectivity index (χ0v) is 19.6. The van der Waals surface area contributed by atoms with Crippen LogP contribution >= 0.6 is 0 Å². The van der Waals surface area contributed by atoms with Gasteiger partial charge in [0.15, 0.2) is 16.4 Å². The van der Waals surface area contributed by atoms with Crippen LogP contribution < -0.4 is 9.46 Å². The lowest BCUT2D eigenvalue weighted by Gasteiger charge is -2.14. The van der Waals surface area contributed by atoms with Crippen LogP contribution in [0.1, 0.15) is 11.1 Å². The molecule has 0 atom stereocenters. The highest BCUT2D eigenvalue weighted by molar-refractivity contribution is 7.90. The number of carboxylic acid groups (broad SMARTS) is 1. The molecule has 0 heterocycles. The largest absolute Gasteiger partial charge is 0.481 e. The van der Waals surface area contributed by atoms with Gasteiger partial charge in [0, 0.05) is 18.4 Å². The van der Waals surface area contributed by atoms with Crippen LogP contribution in [0, 0.1) is 6.92 Å². The quantitative estimate of drug-likeness (QED) is 0.473. The number of carboxylic acids is 1. The molecule has 0 bridgehead atoms. The Morgan fingerprint density at radius 3 is 2.36 bits per heavy atom. The predicted molar refractivity (Wildman–Crippen MR) is 123 cm³/mol. The van der Waals surface area contributed by atoms with Crippen molar-refractivity contribution in [2.75, 3.05) is 12.9 Å². The molecule has 0 radical (unpaired) electrons. The summed E-state index contributed by atoms with van der Waals surface area (Å²) in [6.07, 6.45) is 1.09. The second-order valence-electron chi connectivity index (χ2n) is 7.40. The lowest BCUT2D eigenvalue weighted by atomic mass is 10.0. The third-order valence-electron chi connectivity index (χ3n) is 4.82. The Morgan fingerprint density at radius 2 is 1.70 bits per heavy atom. The second kappa shape index (κ2) is 9.74. The van der Waals surface area contributed by atoms with Gasteiger partial charge in [-0.1, -0.05) is 36.4 Å². The standard InChI is InChI=1S/C23H23NO7S2/c1-16-6-3-4-9-22(16)33(29,30)24-14-17-10-11-21(31-15-23(25)26)20(12-17)18-7-5-8-19(13-18)32(2,27)28/h3-13,24H,14-15H2,1-2H3,(H,25,26). The van der Waals surface area contributed by atoms with Gasteiger partial charge in [-0.2, -0.15) is 0 Å². The topological polar surface area (TPSA) is 127 Å². The molecule has 0 saturated carbocycles. The third kappa shape index (κ3) is 6.19. The number of carbonyl (C=O) groups is 1. The highest BCUT2D eigenvalue weighted by atomic mass is 32.2. The van der Waals surface area contributed by atoms with E-state index in [1.54, 1.807) is 49.4 Å². The fraction of sp³-hybridized carbons (Fsp3) is 0.174. The Balaban J connectivity index is 1.97. The highest BCUT2D eigenvalue weighted by Crippen LogP contribution is 2.32. The number of sulfonamides is 1. The molecule has 2 N–H and O–H groups in total. The molecule has 0 aliphatic carbocycles. The smallest absolute Gasteiger partial charge is 0.341 e. The molecule has 3 aromatic carbocycles. The molecule has 174 valence electrons. The van der Waals surface area contributed by atoms with Gasteiger partial charge in [0.2, 0.25) is 10.0 Å². The van der Waals surface area contributed by atoms with E-state index in [9.17, 15) is 21.6 Å². The van der Waals surface area contributed by atoms with Crippen LogP contribution in [0.2, 0.25) is 0 Å². The number of hydrogen-bond acceptors (Lipinski definition) is 6. The molecule has 0 aliphatic rings. The molecule has 0 aromatic heterocycles. The summed E-state index contributed by atoms with van der Waals surface area (Å²) in [7, 11) is -7.24. The summed E-state index contributed by atoms with van der Waals surface area (Å²) in [5.41, 5.74) is 2.12. The van der Waals surface area contributed by atoms with Crippen molar-refractivity contribution in [3.8, 4) is 16.9 Å². The van der Waals surface area contributed by atoms with Gasteiger partial charge in [-0.05, 0) is 53.9 Å². The van der Waals surface area contributed by atoms with E-state index in [0.717, 1.165) is 6.26 Å². The van der Waals surface area contributed by atoms with E-state index in [1.165, 1.54) is 24.3 Å². The molecule has 0 spiro atoms. The van der Waals surface area contributed by atoms with Crippen LogP contribution in [-0.2, 0) is 31.2 Å². The predicted octanol–water partition coefficient (Wildman–Crippen LogP) is 3.01. The lowest BCUT2D eigenvalue weighted by molar-refractivity contribution is -0.139. The molecule has 0 fully saturated rings. The molecule has 10 heteroatoms. The zero-order chi connectivity index (χ0) is 24.2. The van der Waals surface area contributed by atoms with E-state index in [0.29, 0.717) is 22.3 Å². The minimum absolute atomic E-state index is 0.0331. The van der Waals surface area contributed by atoms with Crippen molar-refractivity contribution in [3.63, 3.8) is 0 Å². The zero-order valence-electron chi connectivity index (χ0n) is 18.0. The molecule has 33 heavy (non-hydrogen) atoms. The molecule has 0 saturated heterocycles. The Bertz CT molecular complexity index is 1400. The van der Waals surface area contributed by atoms with Crippen LogP contribution in [-0.4, -0.2) is 40.8 Å². The monoisotopic (exact) mass is 489 g/mol. The van der Waals surface area contributed by atoms with Crippen molar-refractivity contribution in [1.29, 1.82) is 0 Å². The van der Waals surface area contributed by atoms with Crippen molar-refractivity contribution in [3.05, 3.63) is 77.9 Å². The third-order valence-corrected chi connectivity index (χ3v) is 7.49. The summed E-state index contributed by atoms with van der Waals surface area (Å²) in [5.74, 6) is -0.936. The lowest BCUT2D eigenvalue weighted by Crippen LogP contribution is -2.24. The Morgan fingerprint density at radius 1 is 0.970 bits per heavy atom. The van der Waals surface area contributed by atoms with Crippen LogP contribution in [0.5, 0.6) is 5.75 Å². The van der Waals surface area contributed by atoms with Gasteiger partial charge in [-0.15, -0.1) is 0 Å². The molecule has 0 aliphatic heterocycles. The average Bonchev–Trinajstić information content (AvgIpc) is 2.76. The Hall–Kier alpha value is -3.21. The van der Waals surface area contributed by atoms with Gasteiger partial charge in [-0.3, -0.25) is 0 Å². The molecule has 3 rings (SSSR count). The van der Waals surface area contributed by atoms with E-state index in [4.69, 9.17) is 9.84 Å². The van der Waals surface area contributed by atoms with Crippen molar-refractivity contribution in [2.45, 2.75) is 23.3 Å². The maximum Gasteiger partial charge on any atom is 0.341 e. The summed E-state index contributed by atoms with van der Waals surface area (Å²) in [4.78, 5) is 11.2. The summed E-state index contributed by atoms with van der Waals surface area (Å²) in [6.45, 7) is 1.09. The SMILES string of the molecule is Cc1ccccc1S(=O)(=O)NCc1ccc(OCC(=O)O)c(-c2cccc(S(C)(=O)=O)c2)c1. The second-order valence-corrected chi connectivity index (χ2v) is 11.2. The van der Waals surface area contributed by atoms with Crippen molar-refractivity contribution in [2.24, 2.45) is 0 Å². The van der Waals surface area contributed by atoms with Crippen molar-refractivity contribution in [1.82, 2.24) is 4.72 Å². The molecule has 3 aromatic rings. The van der Waals surface area contributed by atoms with Gasteiger partial charge in [0.1, 0.15) is 5.75 Å². The maximum absolute atomic E-state index is 12.7. The van der Waals surface area contributed by atoms with Gasteiger partial charge in [0.05, 0.1) is 9.79 Å².